The number of aromatic amines is 1. The lowest BCUT2D eigenvalue weighted by atomic mass is 10.0. The van der Waals surface area contributed by atoms with Gasteiger partial charge in [-0.3, -0.25) is 0 Å². The van der Waals surface area contributed by atoms with Gasteiger partial charge in [0.25, 0.3) is 0 Å². The van der Waals surface area contributed by atoms with Crippen LogP contribution < -0.4 is 21.1 Å². The Morgan fingerprint density at radius 3 is 2.42 bits per heavy atom. The first-order valence-corrected chi connectivity index (χ1v) is 13.0. The molecule has 7 heteroatoms. The standard InChI is InChI=1S/C33H27N5O2/c34-19-22-13-15-23(16-14-22)25-18-28-29(21-36-32(28)35-20-25)24-7-6-8-26(17-24)37-33(39)38-30-11-4-5-12-31(30)40-27-9-2-1-3-10-27/h1-18,20-21H,19,34H2,(H,35,36)(H2,37,38,39)/p+1. The summed E-state index contributed by atoms with van der Waals surface area (Å²) in [5.41, 5.74) is 11.3. The fourth-order valence-corrected chi connectivity index (χ4v) is 4.59. The number of quaternary nitrogens is 1. The SMILES string of the molecule is [NH3+]Cc1ccc(-c2cnc3[nH]cc(-c4cccc(NC(=O)Nc5ccccc5Oc5ccccc5)c4)c3c2)cc1. The number of carbonyl (C=O) groups excluding carboxylic acids is 1. The van der Waals surface area contributed by atoms with Crippen LogP contribution in [0.5, 0.6) is 11.5 Å². The Morgan fingerprint density at radius 2 is 1.60 bits per heavy atom. The number of urea groups is 1. The van der Waals surface area contributed by atoms with Crippen LogP contribution in [-0.2, 0) is 6.54 Å². The van der Waals surface area contributed by atoms with Gasteiger partial charge in [0.2, 0.25) is 0 Å². The first-order chi connectivity index (χ1) is 19.7. The van der Waals surface area contributed by atoms with E-state index in [-0.39, 0.29) is 6.03 Å². The quantitative estimate of drug-likeness (QED) is 0.179. The highest BCUT2D eigenvalue weighted by Crippen LogP contribution is 2.33. The van der Waals surface area contributed by atoms with Crippen molar-refractivity contribution < 1.29 is 15.3 Å². The smallest absolute Gasteiger partial charge is 0.323 e. The minimum Gasteiger partial charge on any atom is -0.455 e. The molecule has 0 aliphatic heterocycles. The van der Waals surface area contributed by atoms with Gasteiger partial charge in [-0.1, -0.05) is 66.7 Å². The van der Waals surface area contributed by atoms with Gasteiger partial charge in [0.1, 0.15) is 11.4 Å². The number of hydrogen-bond donors (Lipinski definition) is 4. The molecule has 0 aliphatic rings. The van der Waals surface area contributed by atoms with Crippen molar-refractivity contribution >= 4 is 28.4 Å². The lowest BCUT2D eigenvalue weighted by Gasteiger charge is -2.13. The van der Waals surface area contributed by atoms with Gasteiger partial charge in [-0.15, -0.1) is 0 Å². The van der Waals surface area contributed by atoms with E-state index >= 15 is 0 Å². The maximum atomic E-state index is 12.9. The second kappa shape index (κ2) is 11.1. The van der Waals surface area contributed by atoms with Crippen molar-refractivity contribution in [1.82, 2.24) is 9.97 Å². The van der Waals surface area contributed by atoms with E-state index in [0.29, 0.717) is 22.9 Å². The summed E-state index contributed by atoms with van der Waals surface area (Å²) in [4.78, 5) is 20.9. The van der Waals surface area contributed by atoms with Crippen LogP contribution in [0.3, 0.4) is 0 Å². The number of H-pyrrole nitrogens is 1. The number of benzene rings is 4. The number of aromatic nitrogens is 2. The fourth-order valence-electron chi connectivity index (χ4n) is 4.59. The van der Waals surface area contributed by atoms with Gasteiger partial charge in [-0.25, -0.2) is 9.78 Å². The van der Waals surface area contributed by atoms with Crippen molar-refractivity contribution in [3.8, 4) is 33.8 Å². The Balaban J connectivity index is 1.21. The summed E-state index contributed by atoms with van der Waals surface area (Å²) in [6.07, 6.45) is 3.83. The molecule has 6 aromatic rings. The third kappa shape index (κ3) is 5.41. The van der Waals surface area contributed by atoms with Crippen LogP contribution in [-0.4, -0.2) is 16.0 Å². The molecule has 2 heterocycles. The minimum atomic E-state index is -0.366. The molecule has 6 N–H and O–H groups in total. The summed E-state index contributed by atoms with van der Waals surface area (Å²) in [5, 5.41) is 6.85. The predicted octanol–water partition coefficient (Wildman–Crippen LogP) is 7.08. The molecule has 0 saturated carbocycles. The van der Waals surface area contributed by atoms with Crippen LogP contribution in [0, 0.1) is 0 Å². The Labute approximate surface area is 231 Å². The van der Waals surface area contributed by atoms with E-state index in [1.807, 2.05) is 85.2 Å². The highest BCUT2D eigenvalue weighted by atomic mass is 16.5. The lowest BCUT2D eigenvalue weighted by Crippen LogP contribution is -2.47. The molecule has 6 rings (SSSR count). The summed E-state index contributed by atoms with van der Waals surface area (Å²) in [6, 6.07) is 34.7. The number of hydrogen-bond acceptors (Lipinski definition) is 3. The van der Waals surface area contributed by atoms with Crippen molar-refractivity contribution in [1.29, 1.82) is 0 Å². The zero-order valence-corrected chi connectivity index (χ0v) is 21.7. The van der Waals surface area contributed by atoms with Crippen LogP contribution in [0.4, 0.5) is 16.2 Å². The van der Waals surface area contributed by atoms with Gasteiger partial charge in [0.15, 0.2) is 5.75 Å². The molecular formula is C33H28N5O2+. The average Bonchev–Trinajstić information content (AvgIpc) is 3.42. The van der Waals surface area contributed by atoms with E-state index in [0.717, 1.165) is 39.8 Å². The molecule has 0 unspecified atom stereocenters. The van der Waals surface area contributed by atoms with E-state index in [1.54, 1.807) is 6.07 Å². The largest absolute Gasteiger partial charge is 0.455 e. The van der Waals surface area contributed by atoms with Crippen molar-refractivity contribution in [2.24, 2.45) is 0 Å². The second-order valence-corrected chi connectivity index (χ2v) is 9.34. The zero-order valence-electron chi connectivity index (χ0n) is 21.7. The van der Waals surface area contributed by atoms with E-state index < -0.39 is 0 Å². The van der Waals surface area contributed by atoms with Gasteiger partial charge >= 0.3 is 6.03 Å². The van der Waals surface area contributed by atoms with Crippen LogP contribution in [0.1, 0.15) is 5.56 Å². The lowest BCUT2D eigenvalue weighted by molar-refractivity contribution is -0.386. The number of rotatable bonds is 7. The monoisotopic (exact) mass is 526 g/mol. The number of pyridine rings is 1. The molecule has 7 nitrogen and oxygen atoms in total. The molecule has 0 aliphatic carbocycles. The average molecular weight is 527 g/mol. The van der Waals surface area contributed by atoms with Crippen LogP contribution in [0.15, 0.2) is 122 Å². The van der Waals surface area contributed by atoms with Gasteiger partial charge in [-0.2, -0.15) is 0 Å². The van der Waals surface area contributed by atoms with Crippen molar-refractivity contribution in [2.45, 2.75) is 6.54 Å². The Kier molecular flexibility index (Phi) is 6.94. The van der Waals surface area contributed by atoms with E-state index in [4.69, 9.17) is 4.74 Å². The van der Waals surface area contributed by atoms with Crippen LogP contribution >= 0.6 is 0 Å². The fraction of sp³-hybridized carbons (Fsp3) is 0.0303. The van der Waals surface area contributed by atoms with Crippen LogP contribution in [0.2, 0.25) is 0 Å². The number of fused-ring (bicyclic) bond motifs is 1. The highest BCUT2D eigenvalue weighted by Gasteiger charge is 2.12. The molecule has 0 saturated heterocycles. The molecule has 0 fully saturated rings. The first-order valence-electron chi connectivity index (χ1n) is 13.0. The van der Waals surface area contributed by atoms with Crippen LogP contribution in [0.25, 0.3) is 33.3 Å². The number of amides is 2. The zero-order chi connectivity index (χ0) is 27.3. The summed E-state index contributed by atoms with van der Waals surface area (Å²) in [7, 11) is 0. The van der Waals surface area contributed by atoms with Gasteiger partial charge < -0.3 is 26.1 Å². The van der Waals surface area contributed by atoms with E-state index in [9.17, 15) is 4.79 Å². The molecule has 196 valence electrons. The molecular weight excluding hydrogens is 498 g/mol. The predicted molar refractivity (Wildman–Crippen MR) is 159 cm³/mol. The summed E-state index contributed by atoms with van der Waals surface area (Å²) < 4.78 is 5.97. The number of ether oxygens (including phenoxy) is 1. The van der Waals surface area contributed by atoms with E-state index in [2.05, 4.69) is 56.7 Å². The maximum Gasteiger partial charge on any atom is 0.323 e. The Bertz CT molecular complexity index is 1780. The molecule has 2 amide bonds. The van der Waals surface area contributed by atoms with Gasteiger partial charge in [-0.05, 0) is 53.6 Å². The van der Waals surface area contributed by atoms with E-state index in [1.165, 1.54) is 5.56 Å². The number of nitrogens with one attached hydrogen (secondary N) is 3. The number of anilines is 2. The highest BCUT2D eigenvalue weighted by molar-refractivity contribution is 6.02. The minimum absolute atomic E-state index is 0.366. The molecule has 0 bridgehead atoms. The summed E-state index contributed by atoms with van der Waals surface area (Å²) in [5.74, 6) is 1.25. The molecule has 40 heavy (non-hydrogen) atoms. The summed E-state index contributed by atoms with van der Waals surface area (Å²) >= 11 is 0. The Morgan fingerprint density at radius 1 is 0.800 bits per heavy atom. The van der Waals surface area contributed by atoms with Gasteiger partial charge in [0.05, 0.1) is 12.2 Å². The third-order valence-electron chi connectivity index (χ3n) is 6.64. The topological polar surface area (TPSA) is 107 Å². The molecule has 4 aromatic carbocycles. The number of nitrogens with zero attached hydrogens (tertiary/aromatic N) is 1. The van der Waals surface area contributed by atoms with Crippen molar-refractivity contribution in [2.75, 3.05) is 10.6 Å². The van der Waals surface area contributed by atoms with Crippen molar-refractivity contribution in [3.05, 3.63) is 127 Å². The van der Waals surface area contributed by atoms with Gasteiger partial charge in [0, 0.05) is 40.2 Å². The second-order valence-electron chi connectivity index (χ2n) is 9.34. The molecule has 0 spiro atoms. The third-order valence-corrected chi connectivity index (χ3v) is 6.64. The number of para-hydroxylation sites is 3. The first kappa shape index (κ1) is 24.9. The summed E-state index contributed by atoms with van der Waals surface area (Å²) in [6.45, 7) is 0.760. The maximum absolute atomic E-state index is 12.9. The Hall–Kier alpha value is -5.40. The molecule has 2 aromatic heterocycles. The normalized spacial score (nSPS) is 10.8. The van der Waals surface area contributed by atoms with Crippen molar-refractivity contribution in [3.63, 3.8) is 0 Å². The number of carbonyl (C=O) groups is 1. The molecule has 0 atom stereocenters. The molecule has 0 radical (unpaired) electrons.